The van der Waals surface area contributed by atoms with Gasteiger partial charge in [0.2, 0.25) is 5.16 Å². The summed E-state index contributed by atoms with van der Waals surface area (Å²) < 4.78 is 23.4. The van der Waals surface area contributed by atoms with Crippen molar-refractivity contribution >= 4 is 32.7 Å². The van der Waals surface area contributed by atoms with E-state index in [1.807, 2.05) is 37.3 Å². The molecule has 1 aliphatic rings. The molecule has 2 aromatic heterocycles. The van der Waals surface area contributed by atoms with Crippen LogP contribution in [0.4, 0.5) is 10.6 Å². The lowest BCUT2D eigenvalue weighted by Gasteiger charge is -2.26. The van der Waals surface area contributed by atoms with Crippen LogP contribution in [0.25, 0.3) is 11.2 Å². The highest BCUT2D eigenvalue weighted by atomic mass is 32.2. The van der Waals surface area contributed by atoms with Crippen LogP contribution in [0.5, 0.6) is 0 Å². The number of rotatable bonds is 5. The van der Waals surface area contributed by atoms with Gasteiger partial charge in [-0.15, -0.1) is 0 Å². The van der Waals surface area contributed by atoms with Gasteiger partial charge in [-0.05, 0) is 31.2 Å². The molecule has 3 heterocycles. The largest absolute Gasteiger partial charge is 0.382 e. The molecule has 0 saturated carbocycles. The Bertz CT molecular complexity index is 1310. The highest BCUT2D eigenvalue weighted by molar-refractivity contribution is 7.92. The Balaban J connectivity index is 1.94. The van der Waals surface area contributed by atoms with Gasteiger partial charge >= 0.3 is 11.7 Å². The molecule has 0 spiro atoms. The Kier molecular flexibility index (Phi) is 6.00. The van der Waals surface area contributed by atoms with Gasteiger partial charge in [-0.2, -0.15) is 4.98 Å². The van der Waals surface area contributed by atoms with Crippen molar-refractivity contribution in [3.8, 4) is 0 Å². The summed E-state index contributed by atoms with van der Waals surface area (Å²) >= 11 is 0. The number of fused-ring (bicyclic) bond motifs is 1. The molecule has 1 amide bonds. The van der Waals surface area contributed by atoms with Gasteiger partial charge in [0.25, 0.3) is 0 Å². The molecule has 1 fully saturated rings. The topological polar surface area (TPSA) is 140 Å². The highest BCUT2D eigenvalue weighted by Crippen LogP contribution is 2.22. The van der Waals surface area contributed by atoms with Crippen LogP contribution in [-0.2, 0) is 16.3 Å². The zero-order valence-corrected chi connectivity index (χ0v) is 18.8. The van der Waals surface area contributed by atoms with E-state index in [-0.39, 0.29) is 34.4 Å². The normalized spacial score (nSPS) is 16.2. The third kappa shape index (κ3) is 3.99. The van der Waals surface area contributed by atoms with Crippen LogP contribution in [-0.4, -0.2) is 53.1 Å². The van der Waals surface area contributed by atoms with Crippen molar-refractivity contribution in [3.63, 3.8) is 0 Å². The standard InChI is InChI=1S/C21H27N7O3S/c1-2-13-32(23,31)19-24-17(22)16-18(25-19)27(14-15-9-5-3-6-10-15)21(30)28(16)20(29)26-11-7-4-8-12-26/h3,5-6,9-10,23H,2,4,7-8,11-14H2,1H3,(H2,22,24,25). The summed E-state index contributed by atoms with van der Waals surface area (Å²) in [5.74, 6) is -0.0516. The van der Waals surface area contributed by atoms with Crippen molar-refractivity contribution < 1.29 is 9.00 Å². The van der Waals surface area contributed by atoms with Crippen molar-refractivity contribution in [2.24, 2.45) is 0 Å². The van der Waals surface area contributed by atoms with Crippen LogP contribution in [0.1, 0.15) is 38.2 Å². The Morgan fingerprint density at radius 2 is 1.84 bits per heavy atom. The van der Waals surface area contributed by atoms with E-state index < -0.39 is 21.4 Å². The van der Waals surface area contributed by atoms with Crippen LogP contribution >= 0.6 is 0 Å². The van der Waals surface area contributed by atoms with E-state index in [1.54, 1.807) is 4.90 Å². The molecule has 170 valence electrons. The second kappa shape index (κ2) is 8.73. The van der Waals surface area contributed by atoms with Crippen molar-refractivity contribution in [1.82, 2.24) is 24.0 Å². The van der Waals surface area contributed by atoms with Crippen LogP contribution in [0, 0.1) is 4.78 Å². The van der Waals surface area contributed by atoms with Crippen LogP contribution < -0.4 is 11.4 Å². The number of nitrogens with zero attached hydrogens (tertiary/aromatic N) is 5. The van der Waals surface area contributed by atoms with E-state index in [9.17, 15) is 13.8 Å². The van der Waals surface area contributed by atoms with Gasteiger partial charge in [0, 0.05) is 18.8 Å². The predicted molar refractivity (Wildman–Crippen MR) is 122 cm³/mol. The van der Waals surface area contributed by atoms with Crippen molar-refractivity contribution in [3.05, 3.63) is 46.4 Å². The summed E-state index contributed by atoms with van der Waals surface area (Å²) in [6.07, 6.45) is 3.29. The highest BCUT2D eigenvalue weighted by Gasteiger charge is 2.28. The number of imidazole rings is 1. The summed E-state index contributed by atoms with van der Waals surface area (Å²) in [7, 11) is -3.28. The van der Waals surface area contributed by atoms with E-state index in [2.05, 4.69) is 9.97 Å². The zero-order valence-electron chi connectivity index (χ0n) is 18.0. The number of benzene rings is 1. The average molecular weight is 458 g/mol. The smallest absolute Gasteiger partial charge is 0.339 e. The molecule has 4 rings (SSSR count). The number of hydrogen-bond acceptors (Lipinski definition) is 7. The number of likely N-dealkylation sites (tertiary alicyclic amines) is 1. The Morgan fingerprint density at radius 3 is 2.50 bits per heavy atom. The van der Waals surface area contributed by atoms with E-state index in [0.717, 1.165) is 29.4 Å². The van der Waals surface area contributed by atoms with E-state index in [0.29, 0.717) is 19.5 Å². The molecular weight excluding hydrogens is 430 g/mol. The second-order valence-electron chi connectivity index (χ2n) is 7.96. The van der Waals surface area contributed by atoms with Gasteiger partial charge in [-0.3, -0.25) is 4.57 Å². The number of carbonyl (C=O) groups excluding carboxylic acids is 1. The maximum absolute atomic E-state index is 13.5. The first kappa shape index (κ1) is 22.0. The molecule has 0 aliphatic carbocycles. The quantitative estimate of drug-likeness (QED) is 0.564. The van der Waals surface area contributed by atoms with Gasteiger partial charge in [0.15, 0.2) is 11.5 Å². The molecule has 1 aromatic carbocycles. The molecule has 0 radical (unpaired) electrons. The minimum atomic E-state index is -3.28. The number of nitrogens with one attached hydrogen (secondary N) is 1. The number of amides is 1. The SMILES string of the molecule is CCCS(=N)(=O)c1nc(N)c2c(n1)n(Cc1ccccc1)c(=O)n2C(=O)N1CCCCC1. The number of hydrogen-bond donors (Lipinski definition) is 2. The molecule has 10 nitrogen and oxygen atoms in total. The number of carbonyl (C=O) groups is 1. The molecule has 1 atom stereocenters. The summed E-state index contributed by atoms with van der Waals surface area (Å²) in [4.78, 5) is 36.8. The second-order valence-corrected chi connectivity index (χ2v) is 10.1. The first-order valence-electron chi connectivity index (χ1n) is 10.7. The summed E-state index contributed by atoms with van der Waals surface area (Å²) in [6, 6.07) is 8.83. The summed E-state index contributed by atoms with van der Waals surface area (Å²) in [5, 5.41) is -0.214. The van der Waals surface area contributed by atoms with E-state index in [4.69, 9.17) is 10.5 Å². The number of nitrogens with two attached hydrogens (primary N) is 1. The third-order valence-electron chi connectivity index (χ3n) is 5.56. The first-order chi connectivity index (χ1) is 15.3. The summed E-state index contributed by atoms with van der Waals surface area (Å²) in [6.45, 7) is 3.09. The molecule has 3 N–H and O–H groups in total. The summed E-state index contributed by atoms with van der Waals surface area (Å²) in [5.41, 5.74) is 6.65. The third-order valence-corrected chi connectivity index (χ3v) is 7.32. The number of nitrogen functional groups attached to an aromatic ring is 1. The van der Waals surface area contributed by atoms with Crippen LogP contribution in [0.2, 0.25) is 0 Å². The van der Waals surface area contributed by atoms with Gasteiger partial charge in [-0.25, -0.2) is 28.1 Å². The Hall–Kier alpha value is -3.21. The molecule has 11 heteroatoms. The van der Waals surface area contributed by atoms with Gasteiger partial charge in [-0.1, -0.05) is 37.3 Å². The average Bonchev–Trinajstić information content (AvgIpc) is 3.06. The number of anilines is 1. The molecule has 3 aromatic rings. The van der Waals surface area contributed by atoms with Crippen LogP contribution in [0.3, 0.4) is 0 Å². The predicted octanol–water partition coefficient (Wildman–Crippen LogP) is 2.49. The minimum Gasteiger partial charge on any atom is -0.382 e. The first-order valence-corrected chi connectivity index (χ1v) is 12.4. The van der Waals surface area contributed by atoms with Gasteiger partial charge < -0.3 is 10.6 Å². The van der Waals surface area contributed by atoms with Crippen molar-refractivity contribution in [2.45, 2.75) is 44.3 Å². The van der Waals surface area contributed by atoms with Crippen molar-refractivity contribution in [1.29, 1.82) is 4.78 Å². The maximum Gasteiger partial charge on any atom is 0.339 e. The fourth-order valence-electron chi connectivity index (χ4n) is 3.99. The van der Waals surface area contributed by atoms with E-state index >= 15 is 0 Å². The lowest BCUT2D eigenvalue weighted by Crippen LogP contribution is -2.43. The fraction of sp³-hybridized carbons (Fsp3) is 0.429. The molecule has 1 unspecified atom stereocenters. The molecule has 1 aliphatic heterocycles. The van der Waals surface area contributed by atoms with Gasteiger partial charge in [0.1, 0.15) is 15.2 Å². The zero-order chi connectivity index (χ0) is 22.9. The van der Waals surface area contributed by atoms with E-state index in [1.165, 1.54) is 4.57 Å². The molecular formula is C21H27N7O3S. The Morgan fingerprint density at radius 1 is 1.16 bits per heavy atom. The Labute approximate surface area is 186 Å². The minimum absolute atomic E-state index is 0.0777. The maximum atomic E-state index is 13.5. The lowest BCUT2D eigenvalue weighted by atomic mass is 10.1. The lowest BCUT2D eigenvalue weighted by molar-refractivity contribution is 0.188. The number of piperidine rings is 1. The molecule has 32 heavy (non-hydrogen) atoms. The fourth-order valence-corrected chi connectivity index (χ4v) is 5.22. The van der Waals surface area contributed by atoms with Crippen LogP contribution in [0.15, 0.2) is 40.3 Å². The van der Waals surface area contributed by atoms with Crippen molar-refractivity contribution in [2.75, 3.05) is 24.6 Å². The molecule has 0 bridgehead atoms. The monoisotopic (exact) mass is 457 g/mol. The van der Waals surface area contributed by atoms with Gasteiger partial charge in [0.05, 0.1) is 6.54 Å². The molecule has 1 saturated heterocycles. The number of aromatic nitrogens is 4.